The smallest absolute Gasteiger partial charge is 0.265 e. The lowest BCUT2D eigenvalue weighted by molar-refractivity contribution is 0.0957. The number of nitrogens with two attached hydrogens (primary N) is 1. The molecule has 2 aromatic rings. The Morgan fingerprint density at radius 2 is 2.11 bits per heavy atom. The van der Waals surface area contributed by atoms with E-state index in [1.54, 1.807) is 30.0 Å². The second kappa shape index (κ2) is 5.51. The van der Waals surface area contributed by atoms with Crippen LogP contribution in [0.5, 0.6) is 5.75 Å². The van der Waals surface area contributed by atoms with Gasteiger partial charge >= 0.3 is 0 Å². The fourth-order valence-corrected chi connectivity index (χ4v) is 1.84. The van der Waals surface area contributed by atoms with Crippen molar-refractivity contribution in [1.82, 2.24) is 4.57 Å². The van der Waals surface area contributed by atoms with E-state index in [0.29, 0.717) is 17.9 Å². The number of hydrogen-bond donors (Lipinski definition) is 1. The molecule has 1 aromatic carbocycles. The zero-order chi connectivity index (χ0) is 13.0. The van der Waals surface area contributed by atoms with Crippen LogP contribution in [0.2, 0.25) is 0 Å². The highest BCUT2D eigenvalue weighted by Gasteiger charge is 2.13. The van der Waals surface area contributed by atoms with Crippen molar-refractivity contribution in [2.24, 2.45) is 5.73 Å². The monoisotopic (exact) mass is 244 g/mol. The van der Waals surface area contributed by atoms with E-state index in [1.165, 1.54) is 0 Å². The molecule has 2 rings (SSSR count). The number of benzene rings is 1. The summed E-state index contributed by atoms with van der Waals surface area (Å²) in [4.78, 5) is 12.3. The zero-order valence-corrected chi connectivity index (χ0v) is 10.3. The van der Waals surface area contributed by atoms with Crippen LogP contribution in [-0.4, -0.2) is 24.1 Å². The predicted octanol–water partition coefficient (Wildman–Crippen LogP) is 1.69. The van der Waals surface area contributed by atoms with Gasteiger partial charge in [-0.2, -0.15) is 0 Å². The molecule has 1 heterocycles. The molecule has 2 N–H and O–H groups in total. The SMILES string of the molecule is COc1ccccc1C(=O)n1ccc(CCN)c1. The van der Waals surface area contributed by atoms with Gasteiger partial charge in [0.25, 0.3) is 5.91 Å². The maximum Gasteiger partial charge on any atom is 0.265 e. The minimum absolute atomic E-state index is 0.101. The van der Waals surface area contributed by atoms with Crippen LogP contribution < -0.4 is 10.5 Å². The molecule has 4 heteroatoms. The summed E-state index contributed by atoms with van der Waals surface area (Å²) in [6, 6.07) is 9.09. The van der Waals surface area contributed by atoms with Crippen molar-refractivity contribution in [1.29, 1.82) is 0 Å². The molecule has 0 spiro atoms. The van der Waals surface area contributed by atoms with Crippen molar-refractivity contribution in [2.75, 3.05) is 13.7 Å². The Morgan fingerprint density at radius 1 is 1.33 bits per heavy atom. The van der Waals surface area contributed by atoms with Crippen molar-refractivity contribution in [2.45, 2.75) is 6.42 Å². The van der Waals surface area contributed by atoms with Gasteiger partial charge in [-0.3, -0.25) is 9.36 Å². The van der Waals surface area contributed by atoms with Gasteiger partial charge in [0, 0.05) is 12.4 Å². The molecule has 0 fully saturated rings. The third-order valence-electron chi connectivity index (χ3n) is 2.76. The summed E-state index contributed by atoms with van der Waals surface area (Å²) in [7, 11) is 1.56. The van der Waals surface area contributed by atoms with Crippen molar-refractivity contribution in [3.05, 3.63) is 53.9 Å². The first-order chi connectivity index (χ1) is 8.76. The molecule has 0 unspecified atom stereocenters. The topological polar surface area (TPSA) is 57.2 Å². The molecule has 0 saturated heterocycles. The van der Waals surface area contributed by atoms with Crippen LogP contribution in [0.4, 0.5) is 0 Å². The molecule has 0 aliphatic carbocycles. The first-order valence-corrected chi connectivity index (χ1v) is 5.81. The van der Waals surface area contributed by atoms with Crippen LogP contribution in [0.25, 0.3) is 0 Å². The Hall–Kier alpha value is -2.07. The summed E-state index contributed by atoms with van der Waals surface area (Å²) in [5.74, 6) is 0.479. The van der Waals surface area contributed by atoms with Gasteiger partial charge in [0.05, 0.1) is 12.7 Å². The molecule has 0 radical (unpaired) electrons. The number of hydrogen-bond acceptors (Lipinski definition) is 3. The first kappa shape index (κ1) is 12.4. The maximum absolute atomic E-state index is 12.3. The average Bonchev–Trinajstić information content (AvgIpc) is 2.87. The lowest BCUT2D eigenvalue weighted by Crippen LogP contribution is -2.11. The molecule has 1 aromatic heterocycles. The Balaban J connectivity index is 2.29. The van der Waals surface area contributed by atoms with Gasteiger partial charge in [-0.15, -0.1) is 0 Å². The van der Waals surface area contributed by atoms with Crippen LogP contribution in [-0.2, 0) is 6.42 Å². The molecule has 94 valence electrons. The van der Waals surface area contributed by atoms with E-state index < -0.39 is 0 Å². The number of para-hydroxylation sites is 1. The van der Waals surface area contributed by atoms with Gasteiger partial charge in [-0.1, -0.05) is 12.1 Å². The lowest BCUT2D eigenvalue weighted by Gasteiger charge is -2.07. The largest absolute Gasteiger partial charge is 0.496 e. The van der Waals surface area contributed by atoms with E-state index in [0.717, 1.165) is 12.0 Å². The van der Waals surface area contributed by atoms with E-state index in [4.69, 9.17) is 10.5 Å². The number of methoxy groups -OCH3 is 1. The standard InChI is InChI=1S/C14H16N2O2/c1-18-13-5-3-2-4-12(13)14(17)16-9-7-11(10-16)6-8-15/h2-5,7,9-10H,6,8,15H2,1H3. The van der Waals surface area contributed by atoms with E-state index in [9.17, 15) is 4.79 Å². The number of ether oxygens (including phenoxy) is 1. The summed E-state index contributed by atoms with van der Waals surface area (Å²) in [5.41, 5.74) is 7.10. The molecule has 0 aliphatic rings. The third kappa shape index (κ3) is 2.43. The molecule has 0 atom stereocenters. The summed E-state index contributed by atoms with van der Waals surface area (Å²) in [6.07, 6.45) is 4.33. The number of carbonyl (C=O) groups excluding carboxylic acids is 1. The zero-order valence-electron chi connectivity index (χ0n) is 10.3. The fraction of sp³-hybridized carbons (Fsp3) is 0.214. The van der Waals surface area contributed by atoms with Crippen LogP contribution in [0.1, 0.15) is 15.9 Å². The summed E-state index contributed by atoms with van der Waals surface area (Å²) < 4.78 is 6.75. The molecular weight excluding hydrogens is 228 g/mol. The van der Waals surface area contributed by atoms with Crippen LogP contribution in [0.15, 0.2) is 42.7 Å². The van der Waals surface area contributed by atoms with E-state index in [2.05, 4.69) is 0 Å². The molecule has 0 amide bonds. The van der Waals surface area contributed by atoms with Crippen molar-refractivity contribution in [3.63, 3.8) is 0 Å². The number of aromatic nitrogens is 1. The number of rotatable bonds is 4. The molecule has 0 bridgehead atoms. The maximum atomic E-state index is 12.3. The Morgan fingerprint density at radius 3 is 2.83 bits per heavy atom. The lowest BCUT2D eigenvalue weighted by atomic mass is 10.2. The van der Waals surface area contributed by atoms with Gasteiger partial charge in [-0.25, -0.2) is 0 Å². The van der Waals surface area contributed by atoms with Crippen molar-refractivity contribution >= 4 is 5.91 Å². The number of nitrogens with zero attached hydrogens (tertiary/aromatic N) is 1. The Kier molecular flexibility index (Phi) is 3.79. The second-order valence-electron chi connectivity index (χ2n) is 3.97. The Labute approximate surface area is 106 Å². The fourth-order valence-electron chi connectivity index (χ4n) is 1.84. The Bertz CT molecular complexity index is 546. The second-order valence-corrected chi connectivity index (χ2v) is 3.97. The van der Waals surface area contributed by atoms with Gasteiger partial charge in [0.2, 0.25) is 0 Å². The molecule has 0 saturated carbocycles. The highest BCUT2D eigenvalue weighted by Crippen LogP contribution is 2.19. The number of carbonyl (C=O) groups is 1. The van der Waals surface area contributed by atoms with E-state index in [-0.39, 0.29) is 5.91 Å². The van der Waals surface area contributed by atoms with Gasteiger partial charge in [0.15, 0.2) is 0 Å². The summed E-state index contributed by atoms with van der Waals surface area (Å²) >= 11 is 0. The van der Waals surface area contributed by atoms with Crippen molar-refractivity contribution < 1.29 is 9.53 Å². The summed E-state index contributed by atoms with van der Waals surface area (Å²) in [6.45, 7) is 0.576. The predicted molar refractivity (Wildman–Crippen MR) is 69.9 cm³/mol. The third-order valence-corrected chi connectivity index (χ3v) is 2.76. The normalized spacial score (nSPS) is 10.3. The average molecular weight is 244 g/mol. The van der Waals surface area contributed by atoms with Crippen molar-refractivity contribution in [3.8, 4) is 5.75 Å². The minimum atomic E-state index is -0.101. The van der Waals surface area contributed by atoms with E-state index in [1.807, 2.05) is 24.4 Å². The van der Waals surface area contributed by atoms with Gasteiger partial charge in [-0.05, 0) is 36.7 Å². The van der Waals surface area contributed by atoms with Crippen LogP contribution in [0, 0.1) is 0 Å². The highest BCUT2D eigenvalue weighted by molar-refractivity contribution is 5.98. The molecule has 4 nitrogen and oxygen atoms in total. The van der Waals surface area contributed by atoms with Crippen LogP contribution >= 0.6 is 0 Å². The van der Waals surface area contributed by atoms with Crippen LogP contribution in [0.3, 0.4) is 0 Å². The summed E-state index contributed by atoms with van der Waals surface area (Å²) in [5, 5.41) is 0. The van der Waals surface area contributed by atoms with Gasteiger partial charge in [0.1, 0.15) is 5.75 Å². The molecule has 18 heavy (non-hydrogen) atoms. The quantitative estimate of drug-likeness (QED) is 0.890. The molecule has 0 aliphatic heterocycles. The van der Waals surface area contributed by atoms with Gasteiger partial charge < -0.3 is 10.5 Å². The molecular formula is C14H16N2O2. The van der Waals surface area contributed by atoms with E-state index >= 15 is 0 Å². The minimum Gasteiger partial charge on any atom is -0.496 e. The highest BCUT2D eigenvalue weighted by atomic mass is 16.5. The first-order valence-electron chi connectivity index (χ1n) is 5.81.